The van der Waals surface area contributed by atoms with Gasteiger partial charge in [0.1, 0.15) is 0 Å². The lowest BCUT2D eigenvalue weighted by Gasteiger charge is -2.32. The monoisotopic (exact) mass is 1920 g/mol. The van der Waals surface area contributed by atoms with Crippen molar-refractivity contribution in [1.29, 1.82) is 0 Å². The number of rotatable bonds is 24. The Morgan fingerprint density at radius 2 is 0.779 bits per heavy atom. The number of nitrogens with zero attached hydrogens (tertiary/aromatic N) is 11. The van der Waals surface area contributed by atoms with Crippen LogP contribution in [0.2, 0.25) is 0 Å². The summed E-state index contributed by atoms with van der Waals surface area (Å²) in [5.41, 5.74) is 21.1. The van der Waals surface area contributed by atoms with Crippen LogP contribution in [0, 0.1) is 49.4 Å². The molecule has 27 nitrogen and oxygen atoms in total. The molecule has 4 aromatic carbocycles. The first-order valence-electron chi connectivity index (χ1n) is 51.9. The van der Waals surface area contributed by atoms with Crippen LogP contribution in [0.4, 0.5) is 22.7 Å². The van der Waals surface area contributed by atoms with Gasteiger partial charge >= 0.3 is 0 Å². The van der Waals surface area contributed by atoms with Gasteiger partial charge in [-0.3, -0.25) is 38.4 Å². The summed E-state index contributed by atoms with van der Waals surface area (Å²) in [6.07, 6.45) is 20.7. The minimum Gasteiger partial charge on any atom is -0.393 e. The van der Waals surface area contributed by atoms with Crippen LogP contribution in [0.25, 0.3) is 55.1 Å². The highest BCUT2D eigenvalue weighted by Gasteiger charge is 2.42. The van der Waals surface area contributed by atoms with E-state index in [1.807, 2.05) is 70.3 Å². The predicted molar refractivity (Wildman–Crippen MR) is 566 cm³/mol. The van der Waals surface area contributed by atoms with Crippen molar-refractivity contribution < 1.29 is 29.1 Å². The van der Waals surface area contributed by atoms with Crippen LogP contribution in [0.1, 0.15) is 326 Å². The van der Waals surface area contributed by atoms with Crippen LogP contribution >= 0.6 is 11.8 Å². The number of carbonyl (C=O) groups excluding carboxylic acids is 5. The summed E-state index contributed by atoms with van der Waals surface area (Å²) in [6, 6.07) is 23.8. The maximum atomic E-state index is 13.3. The van der Waals surface area contributed by atoms with Gasteiger partial charge in [-0.25, -0.2) is 18.7 Å². The standard InChI is InChI=1S/C29H41N5O2.C28H37N5O2.C28H38N4O3.C27H34N4O2S/c1-8-11-21-14-20-15-22(34-24-17-29(5,6)18-25(35)26(24)19(4)31-34)16-23(27(20)28(36)30-21)32(7)12-13-33(9-2)10-3;1-6-7-20-12-18-13-21(33-23-15-28(3,4)16-24(34)25(23)17(2)31-33)14-22(26(18)27(35)30-20)29-19-8-10-32(5)11-9-19;1-5-6-19-11-17-12-20(32-23-14-28(3,4)15-24(34)25(23)16(2)31-32)13-22(26(17)27(35)30-19)29-18-7-9-21(33)10-8-18;1-5-6-19-11-17-12-20(31-22-14-27(3,4)15-23(32)24(22)16(2)30-31)13-21(25(17)26(33)29-19)28-18-7-9-34-10-8-18/h14-16H,8-13,17-18H2,1-7H3,(H,30,36);12-14,19,29H,6-11,15-16H2,1-5H3,(H,30,35);12-13,18-19,21,29,33H,5-11,14-15H2,1-4H3,(H,30,35);11-13,18,28H,5-10,14-15H2,1-4H3,(H,29,33). The summed E-state index contributed by atoms with van der Waals surface area (Å²) in [4.78, 5) is 121. The number of fused-ring (bicyclic) bond motifs is 8. The normalized spacial score (nSPS) is 19.4. The molecule has 0 bridgehead atoms. The first kappa shape index (κ1) is 102. The SMILES string of the molecule is CCCC1Cc2cc(-n3nc(C)c4c3CC(C)(C)CC4=O)cc(NC3CCC(O)CC3)c2C(=O)N1.CCCc1cc2cc(-n3nc(C)c4c3CC(C)(C)CC4=O)cc(N(C)CCN(CC)CC)c2c(=O)[nH]1.CCCc1cc2cc(-n3nc(C)c4c3CC(C)(C)CC4=O)cc(NC3CCN(C)CC3)c2c(=O)[nH]1.CCCc1cc2cc(-n3nc(C)c4c3CC(C)(C)CC4=O)cc(NC3CCSCC3)c2c(=O)[nH]1. The molecule has 19 rings (SSSR count). The minimum absolute atomic E-state index is 0.0235. The number of likely N-dealkylation sites (N-methyl/N-ethyl adjacent to an activating group) is 2. The third kappa shape index (κ3) is 22.1. The number of aryl methyl sites for hydroxylation is 7. The number of anilines is 4. The van der Waals surface area contributed by atoms with Crippen LogP contribution in [-0.2, 0) is 51.4 Å². The average Bonchev–Trinajstić information content (AvgIpc) is 1.69. The number of aromatic nitrogens is 11. The molecule has 8 aliphatic rings. The van der Waals surface area contributed by atoms with Crippen molar-refractivity contribution in [2.75, 3.05) is 85.7 Å². The van der Waals surface area contributed by atoms with Crippen molar-refractivity contribution in [2.24, 2.45) is 21.7 Å². The van der Waals surface area contributed by atoms with Gasteiger partial charge in [0.15, 0.2) is 23.1 Å². The summed E-state index contributed by atoms with van der Waals surface area (Å²) in [7, 11) is 4.20. The van der Waals surface area contributed by atoms with Gasteiger partial charge in [0.25, 0.3) is 22.6 Å². The van der Waals surface area contributed by atoms with E-state index in [9.17, 15) is 43.5 Å². The van der Waals surface area contributed by atoms with Gasteiger partial charge in [0, 0.05) is 104 Å². The molecule has 28 heteroatoms. The number of H-pyrrole nitrogens is 3. The van der Waals surface area contributed by atoms with Crippen LogP contribution in [0.3, 0.4) is 0 Å². The van der Waals surface area contributed by atoms with Crippen LogP contribution < -0.4 is 42.8 Å². The zero-order valence-electron chi connectivity index (χ0n) is 86.6. The van der Waals surface area contributed by atoms with Gasteiger partial charge in [0.05, 0.1) is 124 Å². The zero-order chi connectivity index (χ0) is 100. The number of nitrogens with one attached hydrogen (secondary N) is 7. The molecule has 3 fully saturated rings. The summed E-state index contributed by atoms with van der Waals surface area (Å²) in [5.74, 6) is 2.93. The smallest absolute Gasteiger partial charge is 0.258 e. The highest BCUT2D eigenvalue weighted by molar-refractivity contribution is 7.99. The van der Waals surface area contributed by atoms with Crippen LogP contribution in [0.5, 0.6) is 0 Å². The molecule has 0 radical (unpaired) electrons. The number of benzene rings is 4. The van der Waals surface area contributed by atoms with Crippen LogP contribution in [0.15, 0.2) is 81.1 Å². The highest BCUT2D eigenvalue weighted by Crippen LogP contribution is 2.45. The Bertz CT molecular complexity index is 6740. The Morgan fingerprint density at radius 3 is 1.17 bits per heavy atom. The average molecular weight is 1920 g/mol. The van der Waals surface area contributed by atoms with Gasteiger partial charge in [-0.15, -0.1) is 0 Å². The number of aromatic amines is 3. The minimum atomic E-state index is -0.231. The molecule has 1 amide bonds. The molecule has 1 saturated carbocycles. The number of piperidine rings is 1. The van der Waals surface area contributed by atoms with Crippen molar-refractivity contribution >= 4 is 95.9 Å². The molecule has 10 heterocycles. The predicted octanol–water partition coefficient (Wildman–Crippen LogP) is 19.5. The molecule has 748 valence electrons. The summed E-state index contributed by atoms with van der Waals surface area (Å²) in [5, 5.41) is 48.4. The molecule has 0 spiro atoms. The summed E-state index contributed by atoms with van der Waals surface area (Å²) >= 11 is 1.99. The Kier molecular flexibility index (Phi) is 30.4. The fourth-order valence-corrected chi connectivity index (χ4v) is 24.2. The van der Waals surface area contributed by atoms with E-state index in [1.165, 1.54) is 0 Å². The van der Waals surface area contributed by atoms with Gasteiger partial charge in [0.2, 0.25) is 0 Å². The van der Waals surface area contributed by atoms with Gasteiger partial charge in [-0.2, -0.15) is 32.2 Å². The van der Waals surface area contributed by atoms with Crippen molar-refractivity contribution in [3.05, 3.63) is 194 Å². The van der Waals surface area contributed by atoms with Crippen molar-refractivity contribution in [3.8, 4) is 22.7 Å². The number of aliphatic hydroxyl groups excluding tert-OH is 1. The molecule has 1 unspecified atom stereocenters. The van der Waals surface area contributed by atoms with Gasteiger partial charge in [-0.05, 0) is 292 Å². The number of hydrogen-bond donors (Lipinski definition) is 8. The number of carbonyl (C=O) groups is 5. The lowest BCUT2D eigenvalue weighted by Crippen LogP contribution is -2.42. The van der Waals surface area contributed by atoms with E-state index in [0.29, 0.717) is 53.9 Å². The number of ketones is 4. The molecular formula is C112H150N18O9S. The number of likely N-dealkylation sites (tertiary alicyclic amines) is 1. The molecule has 2 saturated heterocycles. The Hall–Kier alpha value is -11.1. The molecule has 8 N–H and O–H groups in total. The topological polar surface area (TPSA) is 333 Å². The Morgan fingerprint density at radius 1 is 0.421 bits per heavy atom. The van der Waals surface area contributed by atoms with E-state index in [-0.39, 0.29) is 85.6 Å². The lowest BCUT2D eigenvalue weighted by molar-refractivity contribution is 0.0900. The summed E-state index contributed by atoms with van der Waals surface area (Å²) < 4.78 is 7.79. The number of hydrogen-bond acceptors (Lipinski definition) is 20. The van der Waals surface area contributed by atoms with E-state index in [2.05, 4.69) is 217 Å². The quantitative estimate of drug-likeness (QED) is 0.0279. The molecule has 3 aliphatic heterocycles. The molecule has 5 aliphatic carbocycles. The molecule has 11 aromatic rings. The second-order valence-electron chi connectivity index (χ2n) is 44.5. The van der Waals surface area contributed by atoms with Crippen molar-refractivity contribution in [1.82, 2.24) is 69.2 Å². The van der Waals surface area contributed by atoms with E-state index < -0.39 is 0 Å². The first-order chi connectivity index (χ1) is 66.6. The van der Waals surface area contributed by atoms with E-state index in [0.717, 1.165) is 343 Å². The van der Waals surface area contributed by atoms with E-state index in [1.54, 1.807) is 0 Å². The fourth-order valence-electron chi connectivity index (χ4n) is 23.1. The number of aliphatic hydroxyl groups is 1. The second-order valence-corrected chi connectivity index (χ2v) is 45.8. The number of amides is 1. The molecule has 140 heavy (non-hydrogen) atoms. The third-order valence-electron chi connectivity index (χ3n) is 30.0. The van der Waals surface area contributed by atoms with Gasteiger partial charge in [-0.1, -0.05) is 123 Å². The first-order valence-corrected chi connectivity index (χ1v) is 53.0. The van der Waals surface area contributed by atoms with Crippen LogP contribution in [-0.4, -0.2) is 193 Å². The largest absolute Gasteiger partial charge is 0.393 e. The summed E-state index contributed by atoms with van der Waals surface area (Å²) in [6.45, 7) is 43.4. The van der Waals surface area contributed by atoms with Gasteiger partial charge < -0.3 is 56.0 Å². The number of thioether (sulfide) groups is 1. The van der Waals surface area contributed by atoms with Crippen molar-refractivity contribution in [3.63, 3.8) is 0 Å². The lowest BCUT2D eigenvalue weighted by atomic mass is 9.75. The van der Waals surface area contributed by atoms with E-state index >= 15 is 0 Å². The maximum Gasteiger partial charge on any atom is 0.258 e. The Labute approximate surface area is 828 Å². The highest BCUT2D eigenvalue weighted by atomic mass is 32.2. The molecular weight excluding hydrogens is 1770 g/mol. The van der Waals surface area contributed by atoms with Crippen molar-refractivity contribution in [2.45, 2.75) is 315 Å². The number of Topliss-reactive ketones (excluding diaryl/α,β-unsaturated/α-hetero) is 4. The molecule has 1 atom stereocenters. The second kappa shape index (κ2) is 41.8. The molecule has 7 aromatic heterocycles. The fraction of sp³-hybridized carbons (Fsp3) is 0.554. The zero-order valence-corrected chi connectivity index (χ0v) is 87.4. The van der Waals surface area contributed by atoms with E-state index in [4.69, 9.17) is 20.4 Å². The maximum absolute atomic E-state index is 13.3. The number of pyridine rings is 3. The third-order valence-corrected chi connectivity index (χ3v) is 31.0. The Balaban J connectivity index is 0.000000135.